The first-order chi connectivity index (χ1) is 17.9. The number of carbonyl (C=O) groups excluding carboxylic acids is 5. The van der Waals surface area contributed by atoms with E-state index in [1.807, 2.05) is 20.8 Å². The Hall–Kier alpha value is -2.45. The molecule has 0 aromatic rings. The summed E-state index contributed by atoms with van der Waals surface area (Å²) < 4.78 is 4.71. The third kappa shape index (κ3) is 3.80. The highest BCUT2D eigenvalue weighted by atomic mass is 16.5. The van der Waals surface area contributed by atoms with Crippen molar-refractivity contribution in [2.45, 2.75) is 92.8 Å². The lowest BCUT2D eigenvalue weighted by Gasteiger charge is -2.61. The molecule has 4 rings (SSSR count). The van der Waals surface area contributed by atoms with Crippen LogP contribution >= 0.6 is 0 Å². The van der Waals surface area contributed by atoms with Crippen LogP contribution in [0.4, 0.5) is 0 Å². The summed E-state index contributed by atoms with van der Waals surface area (Å²) in [5.41, 5.74) is -2.91. The van der Waals surface area contributed by atoms with Gasteiger partial charge in [0.25, 0.3) is 0 Å². The minimum Gasteiger partial charge on any atom is -0.469 e. The highest BCUT2D eigenvalue weighted by Crippen LogP contribution is 2.70. The van der Waals surface area contributed by atoms with Crippen molar-refractivity contribution in [3.63, 3.8) is 0 Å². The first-order valence-electron chi connectivity index (χ1n) is 13.9. The Morgan fingerprint density at radius 3 is 2.28 bits per heavy atom. The van der Waals surface area contributed by atoms with Gasteiger partial charge in [-0.3, -0.25) is 24.0 Å². The average molecular weight is 543 g/mol. The molecule has 8 nitrogen and oxygen atoms in total. The van der Waals surface area contributed by atoms with Crippen molar-refractivity contribution in [2.75, 3.05) is 7.11 Å². The van der Waals surface area contributed by atoms with Gasteiger partial charge in [-0.25, -0.2) is 0 Å². The van der Waals surface area contributed by atoms with Crippen molar-refractivity contribution < 1.29 is 38.9 Å². The van der Waals surface area contributed by atoms with Crippen molar-refractivity contribution in [1.82, 2.24) is 0 Å². The van der Waals surface area contributed by atoms with Crippen molar-refractivity contribution in [3.05, 3.63) is 22.8 Å². The molecule has 2 fully saturated rings. The number of rotatable bonds is 5. The van der Waals surface area contributed by atoms with Crippen LogP contribution in [-0.4, -0.2) is 58.6 Å². The van der Waals surface area contributed by atoms with Crippen LogP contribution in [0.5, 0.6) is 0 Å². The maximum Gasteiger partial charge on any atom is 0.308 e. The monoisotopic (exact) mass is 542 g/mol. The number of Topliss-reactive ketones (excluding diaryl/α,β-unsaturated/α-hetero) is 3. The van der Waals surface area contributed by atoms with Gasteiger partial charge in [-0.1, -0.05) is 40.2 Å². The third-order valence-corrected chi connectivity index (χ3v) is 11.3. The maximum atomic E-state index is 14.1. The largest absolute Gasteiger partial charge is 0.469 e. The summed E-state index contributed by atoms with van der Waals surface area (Å²) in [6, 6.07) is 0. The van der Waals surface area contributed by atoms with Crippen LogP contribution in [0.2, 0.25) is 0 Å². The van der Waals surface area contributed by atoms with E-state index in [4.69, 9.17) is 4.74 Å². The van der Waals surface area contributed by atoms with Gasteiger partial charge in [-0.2, -0.15) is 0 Å². The normalized spacial score (nSPS) is 40.6. The number of allylic oxidation sites excluding steroid dienone is 2. The number of carbonyl (C=O) groups is 5. The van der Waals surface area contributed by atoms with Crippen LogP contribution < -0.4 is 0 Å². The van der Waals surface area contributed by atoms with E-state index in [1.54, 1.807) is 27.7 Å². The molecule has 4 aliphatic rings. The predicted octanol–water partition coefficient (Wildman–Crippen LogP) is 3.32. The summed E-state index contributed by atoms with van der Waals surface area (Å²) in [4.78, 5) is 65.5. The molecule has 2 saturated carbocycles. The van der Waals surface area contributed by atoms with Gasteiger partial charge < -0.3 is 14.9 Å². The molecule has 0 amide bonds. The van der Waals surface area contributed by atoms with Gasteiger partial charge in [0.15, 0.2) is 11.6 Å². The van der Waals surface area contributed by atoms with Gasteiger partial charge in [-0.15, -0.1) is 0 Å². The molecular weight excluding hydrogens is 500 g/mol. The number of hydrogen-bond acceptors (Lipinski definition) is 8. The molecule has 0 heterocycles. The van der Waals surface area contributed by atoms with Gasteiger partial charge in [-0.05, 0) is 50.2 Å². The summed E-state index contributed by atoms with van der Waals surface area (Å²) in [5.74, 6) is -2.98. The summed E-state index contributed by atoms with van der Waals surface area (Å²) in [7, 11) is 1.26. The van der Waals surface area contributed by atoms with Crippen LogP contribution in [0.15, 0.2) is 22.8 Å². The van der Waals surface area contributed by atoms with Crippen LogP contribution in [0.1, 0.15) is 80.6 Å². The highest BCUT2D eigenvalue weighted by Gasteiger charge is 2.73. The standard InChI is InChI=1S/C31H42O8/c1-15(11-17(32)12-16(2)27(38)39-8)18-13-22(35)31(7)23-19(33)14-20-28(3,4)21(34)9-10-29(20,5)24(23)25(36)26(37)30(18,31)6/h11,16,18-20,26,33,37H,9-10,12-14H2,1-8H3. The first kappa shape index (κ1) is 29.5. The number of aliphatic hydroxyl groups is 2. The zero-order chi connectivity index (χ0) is 29.5. The first-order valence-corrected chi connectivity index (χ1v) is 13.9. The zero-order valence-electron chi connectivity index (χ0n) is 24.3. The Kier molecular flexibility index (Phi) is 7.04. The van der Waals surface area contributed by atoms with Crippen molar-refractivity contribution in [1.29, 1.82) is 0 Å². The molecule has 8 unspecified atom stereocenters. The second kappa shape index (κ2) is 9.30. The molecular formula is C31H42O8. The van der Waals surface area contributed by atoms with Crippen LogP contribution in [0.3, 0.4) is 0 Å². The molecule has 214 valence electrons. The van der Waals surface area contributed by atoms with Crippen molar-refractivity contribution in [2.24, 2.45) is 39.4 Å². The van der Waals surface area contributed by atoms with E-state index in [1.165, 1.54) is 13.2 Å². The molecule has 39 heavy (non-hydrogen) atoms. The quantitative estimate of drug-likeness (QED) is 0.399. The number of aliphatic hydroxyl groups excluding tert-OH is 2. The smallest absolute Gasteiger partial charge is 0.308 e. The molecule has 0 bridgehead atoms. The number of esters is 1. The Balaban J connectivity index is 1.83. The second-order valence-corrected chi connectivity index (χ2v) is 13.5. The number of ketones is 4. The van der Waals surface area contributed by atoms with Crippen molar-refractivity contribution >= 4 is 29.1 Å². The van der Waals surface area contributed by atoms with Crippen molar-refractivity contribution in [3.8, 4) is 0 Å². The van der Waals surface area contributed by atoms with Crippen LogP contribution in [0, 0.1) is 39.4 Å². The molecule has 0 radical (unpaired) electrons. The van der Waals surface area contributed by atoms with E-state index in [0.29, 0.717) is 23.1 Å². The molecule has 0 spiro atoms. The maximum absolute atomic E-state index is 14.1. The van der Waals surface area contributed by atoms with E-state index >= 15 is 0 Å². The topological polar surface area (TPSA) is 135 Å². The van der Waals surface area contributed by atoms with Gasteiger partial charge in [0.05, 0.1) is 24.5 Å². The number of ether oxygens (including phenoxy) is 1. The highest BCUT2D eigenvalue weighted by molar-refractivity contribution is 6.08. The summed E-state index contributed by atoms with van der Waals surface area (Å²) in [6.07, 6.45) is -0.351. The lowest BCUT2D eigenvalue weighted by atomic mass is 9.42. The minimum absolute atomic E-state index is 0.00707. The second-order valence-electron chi connectivity index (χ2n) is 13.5. The molecule has 4 aliphatic carbocycles. The predicted molar refractivity (Wildman–Crippen MR) is 142 cm³/mol. The fraction of sp³-hybridized carbons (Fsp3) is 0.710. The molecule has 0 aromatic carbocycles. The average Bonchev–Trinajstić information content (AvgIpc) is 3.07. The van der Waals surface area contributed by atoms with E-state index < -0.39 is 57.5 Å². The molecule has 0 aliphatic heterocycles. The van der Waals surface area contributed by atoms with Gasteiger partial charge in [0.2, 0.25) is 0 Å². The van der Waals surface area contributed by atoms with E-state index in [2.05, 4.69) is 0 Å². The molecule has 0 aromatic heterocycles. The lowest BCUT2D eigenvalue weighted by molar-refractivity contribution is -0.156. The molecule has 8 heteroatoms. The Morgan fingerprint density at radius 2 is 1.69 bits per heavy atom. The zero-order valence-corrected chi connectivity index (χ0v) is 24.3. The fourth-order valence-corrected chi connectivity index (χ4v) is 8.72. The Morgan fingerprint density at radius 1 is 1.08 bits per heavy atom. The van der Waals surface area contributed by atoms with Gasteiger partial charge >= 0.3 is 5.97 Å². The summed E-state index contributed by atoms with van der Waals surface area (Å²) in [6.45, 7) is 12.4. The SMILES string of the molecule is COC(=O)C(C)CC(=O)C=C(C)C1CC(=O)C2(C)C3=C(C(=O)C(O)C12C)C1(C)CCC(=O)C(C)(C)C1CC3O. The van der Waals surface area contributed by atoms with Crippen LogP contribution in [0.25, 0.3) is 0 Å². The lowest BCUT2D eigenvalue weighted by Crippen LogP contribution is -2.64. The van der Waals surface area contributed by atoms with E-state index in [0.717, 1.165) is 0 Å². The van der Waals surface area contributed by atoms with Gasteiger partial charge in [0, 0.05) is 41.1 Å². The minimum atomic E-state index is -1.53. The molecule has 2 N–H and O–H groups in total. The number of fused-ring (bicyclic) bond motifs is 4. The molecule has 8 atom stereocenters. The fourth-order valence-electron chi connectivity index (χ4n) is 8.72. The summed E-state index contributed by atoms with van der Waals surface area (Å²) in [5, 5.41) is 23.3. The number of methoxy groups -OCH3 is 1. The summed E-state index contributed by atoms with van der Waals surface area (Å²) >= 11 is 0. The van der Waals surface area contributed by atoms with Crippen LogP contribution in [-0.2, 0) is 28.7 Å². The Bertz CT molecular complexity index is 1220. The molecule has 0 saturated heterocycles. The van der Waals surface area contributed by atoms with E-state index in [-0.39, 0.29) is 49.0 Å². The third-order valence-electron chi connectivity index (χ3n) is 11.3. The van der Waals surface area contributed by atoms with E-state index in [9.17, 15) is 34.2 Å². The van der Waals surface area contributed by atoms with Gasteiger partial charge in [0.1, 0.15) is 17.7 Å². The Labute approximate surface area is 230 Å². The number of hydrogen-bond donors (Lipinski definition) is 2.